The van der Waals surface area contributed by atoms with Crippen LogP contribution in [0.3, 0.4) is 0 Å². The summed E-state index contributed by atoms with van der Waals surface area (Å²) in [5.41, 5.74) is 1.61. The van der Waals surface area contributed by atoms with Crippen molar-refractivity contribution < 1.29 is 4.79 Å². The Morgan fingerprint density at radius 2 is 2.15 bits per heavy atom. The fraction of sp³-hybridized carbons (Fsp3) is 0.500. The molecule has 0 atom stereocenters. The monoisotopic (exact) mass is 271 g/mol. The maximum absolute atomic E-state index is 12.2. The van der Waals surface area contributed by atoms with Crippen LogP contribution >= 0.6 is 0 Å². The quantitative estimate of drug-likeness (QED) is 0.901. The number of nitrogens with zero attached hydrogens (tertiary/aromatic N) is 1. The molecule has 20 heavy (non-hydrogen) atoms. The highest BCUT2D eigenvalue weighted by Gasteiger charge is 2.18. The molecule has 1 aromatic carbocycles. The van der Waals surface area contributed by atoms with E-state index in [0.717, 1.165) is 23.4 Å². The number of aromatic amines is 1. The Morgan fingerprint density at radius 3 is 2.95 bits per heavy atom. The number of nitrogens with one attached hydrogen (secondary N) is 2. The van der Waals surface area contributed by atoms with E-state index in [1.165, 1.54) is 25.7 Å². The van der Waals surface area contributed by atoms with Crippen molar-refractivity contribution in [2.75, 3.05) is 6.54 Å². The van der Waals surface area contributed by atoms with Crippen molar-refractivity contribution in [3.05, 3.63) is 30.0 Å². The summed E-state index contributed by atoms with van der Waals surface area (Å²) in [4.78, 5) is 12.2. The van der Waals surface area contributed by atoms with Crippen LogP contribution in [0.15, 0.2) is 24.4 Å². The van der Waals surface area contributed by atoms with Crippen LogP contribution in [0.25, 0.3) is 10.9 Å². The second-order valence-corrected chi connectivity index (χ2v) is 6.01. The topological polar surface area (TPSA) is 57.8 Å². The molecule has 1 aliphatic rings. The van der Waals surface area contributed by atoms with E-state index in [2.05, 4.69) is 22.4 Å². The Kier molecular flexibility index (Phi) is 3.72. The van der Waals surface area contributed by atoms with E-state index in [1.807, 2.05) is 18.2 Å². The third-order valence-electron chi connectivity index (χ3n) is 4.39. The lowest BCUT2D eigenvalue weighted by Gasteiger charge is -2.26. The van der Waals surface area contributed by atoms with E-state index < -0.39 is 0 Å². The zero-order chi connectivity index (χ0) is 13.9. The van der Waals surface area contributed by atoms with Gasteiger partial charge in [-0.05, 0) is 36.8 Å². The number of carbonyl (C=O) groups is 1. The molecule has 1 amide bonds. The zero-order valence-electron chi connectivity index (χ0n) is 11.9. The van der Waals surface area contributed by atoms with Crippen LogP contribution in [0, 0.1) is 11.8 Å². The summed E-state index contributed by atoms with van der Waals surface area (Å²) in [5.74, 6) is 1.51. The molecule has 0 spiro atoms. The summed E-state index contributed by atoms with van der Waals surface area (Å²) in [5, 5.41) is 11.0. The SMILES string of the molecule is CC1CCC(CNC(=O)c2ccc3cn[nH]c3c2)CC1. The molecular weight excluding hydrogens is 250 g/mol. The number of aromatic nitrogens is 2. The minimum absolute atomic E-state index is 0.0140. The number of hydrogen-bond donors (Lipinski definition) is 2. The fourth-order valence-electron chi connectivity index (χ4n) is 2.95. The number of fused-ring (bicyclic) bond motifs is 1. The largest absolute Gasteiger partial charge is 0.352 e. The Labute approximate surface area is 119 Å². The average Bonchev–Trinajstić information content (AvgIpc) is 2.93. The predicted octanol–water partition coefficient (Wildman–Crippen LogP) is 3.12. The average molecular weight is 271 g/mol. The molecule has 0 unspecified atom stereocenters. The first-order valence-corrected chi connectivity index (χ1v) is 7.43. The molecule has 0 radical (unpaired) electrons. The Bertz CT molecular complexity index is 597. The number of carbonyl (C=O) groups excluding carboxylic acids is 1. The summed E-state index contributed by atoms with van der Waals surface area (Å²) < 4.78 is 0. The first-order valence-electron chi connectivity index (χ1n) is 7.43. The number of rotatable bonds is 3. The van der Waals surface area contributed by atoms with Crippen LogP contribution in [0.4, 0.5) is 0 Å². The van der Waals surface area contributed by atoms with Gasteiger partial charge in [0.25, 0.3) is 5.91 Å². The van der Waals surface area contributed by atoms with Crippen LogP contribution < -0.4 is 5.32 Å². The molecular formula is C16H21N3O. The lowest BCUT2D eigenvalue weighted by atomic mass is 9.83. The molecule has 0 saturated heterocycles. The molecule has 1 aromatic heterocycles. The molecule has 4 nitrogen and oxygen atoms in total. The molecule has 1 saturated carbocycles. The van der Waals surface area contributed by atoms with E-state index in [4.69, 9.17) is 0 Å². The van der Waals surface area contributed by atoms with Gasteiger partial charge in [0.05, 0.1) is 11.7 Å². The number of benzene rings is 1. The summed E-state index contributed by atoms with van der Waals surface area (Å²) in [7, 11) is 0. The number of hydrogen-bond acceptors (Lipinski definition) is 2. The lowest BCUT2D eigenvalue weighted by molar-refractivity contribution is 0.0942. The van der Waals surface area contributed by atoms with Crippen molar-refractivity contribution in [2.45, 2.75) is 32.6 Å². The zero-order valence-corrected chi connectivity index (χ0v) is 11.9. The van der Waals surface area contributed by atoms with Gasteiger partial charge in [0, 0.05) is 17.5 Å². The van der Waals surface area contributed by atoms with Crippen molar-refractivity contribution in [1.82, 2.24) is 15.5 Å². The highest BCUT2D eigenvalue weighted by molar-refractivity contribution is 5.97. The smallest absolute Gasteiger partial charge is 0.251 e. The summed E-state index contributed by atoms with van der Waals surface area (Å²) in [6.45, 7) is 3.11. The Hall–Kier alpha value is -1.84. The first-order chi connectivity index (χ1) is 9.72. The van der Waals surface area contributed by atoms with Gasteiger partial charge in [-0.25, -0.2) is 0 Å². The van der Waals surface area contributed by atoms with Crippen LogP contribution in [0.2, 0.25) is 0 Å². The van der Waals surface area contributed by atoms with E-state index in [9.17, 15) is 4.79 Å². The first kappa shape index (κ1) is 13.2. The molecule has 2 aromatic rings. The van der Waals surface area contributed by atoms with Crippen LogP contribution in [0.1, 0.15) is 43.0 Å². The predicted molar refractivity (Wildman–Crippen MR) is 79.5 cm³/mol. The van der Waals surface area contributed by atoms with Crippen LogP contribution in [-0.2, 0) is 0 Å². The molecule has 1 aliphatic carbocycles. The summed E-state index contributed by atoms with van der Waals surface area (Å²) in [6, 6.07) is 5.65. The summed E-state index contributed by atoms with van der Waals surface area (Å²) >= 11 is 0. The van der Waals surface area contributed by atoms with Crippen LogP contribution in [-0.4, -0.2) is 22.6 Å². The van der Waals surface area contributed by atoms with Gasteiger partial charge < -0.3 is 5.32 Å². The van der Waals surface area contributed by atoms with Gasteiger partial charge in [-0.15, -0.1) is 0 Å². The third kappa shape index (κ3) is 2.84. The molecule has 4 heteroatoms. The van der Waals surface area contributed by atoms with E-state index in [0.29, 0.717) is 11.5 Å². The summed E-state index contributed by atoms with van der Waals surface area (Å²) in [6.07, 6.45) is 6.82. The molecule has 106 valence electrons. The maximum Gasteiger partial charge on any atom is 0.251 e. The van der Waals surface area contributed by atoms with Crippen molar-refractivity contribution in [3.8, 4) is 0 Å². The van der Waals surface area contributed by atoms with Gasteiger partial charge in [0.1, 0.15) is 0 Å². The number of amides is 1. The molecule has 3 rings (SSSR count). The minimum Gasteiger partial charge on any atom is -0.352 e. The van der Waals surface area contributed by atoms with E-state index in [1.54, 1.807) is 6.20 Å². The fourth-order valence-corrected chi connectivity index (χ4v) is 2.95. The van der Waals surface area contributed by atoms with Gasteiger partial charge >= 0.3 is 0 Å². The highest BCUT2D eigenvalue weighted by atomic mass is 16.1. The minimum atomic E-state index is 0.0140. The van der Waals surface area contributed by atoms with Gasteiger partial charge in [-0.2, -0.15) is 5.10 Å². The number of H-pyrrole nitrogens is 1. The lowest BCUT2D eigenvalue weighted by Crippen LogP contribution is -2.31. The Morgan fingerprint density at radius 1 is 1.35 bits per heavy atom. The second-order valence-electron chi connectivity index (χ2n) is 6.01. The standard InChI is InChI=1S/C16H21N3O/c1-11-2-4-12(5-3-11)9-17-16(20)13-6-7-14-10-18-19-15(14)8-13/h6-8,10-12H,2-5,9H2,1H3,(H,17,20)(H,18,19). The second kappa shape index (κ2) is 5.65. The van der Waals surface area contributed by atoms with Crippen molar-refractivity contribution in [2.24, 2.45) is 11.8 Å². The molecule has 1 heterocycles. The van der Waals surface area contributed by atoms with E-state index >= 15 is 0 Å². The van der Waals surface area contributed by atoms with Gasteiger partial charge in [-0.3, -0.25) is 9.89 Å². The Balaban J connectivity index is 1.58. The third-order valence-corrected chi connectivity index (χ3v) is 4.39. The molecule has 2 N–H and O–H groups in total. The van der Waals surface area contributed by atoms with Crippen molar-refractivity contribution in [1.29, 1.82) is 0 Å². The highest BCUT2D eigenvalue weighted by Crippen LogP contribution is 2.27. The van der Waals surface area contributed by atoms with Gasteiger partial charge in [0.2, 0.25) is 0 Å². The van der Waals surface area contributed by atoms with Crippen molar-refractivity contribution >= 4 is 16.8 Å². The van der Waals surface area contributed by atoms with Gasteiger partial charge in [0.15, 0.2) is 0 Å². The maximum atomic E-state index is 12.2. The molecule has 0 bridgehead atoms. The molecule has 1 fully saturated rings. The van der Waals surface area contributed by atoms with Crippen molar-refractivity contribution in [3.63, 3.8) is 0 Å². The van der Waals surface area contributed by atoms with Gasteiger partial charge in [-0.1, -0.05) is 25.8 Å². The van der Waals surface area contributed by atoms with E-state index in [-0.39, 0.29) is 5.91 Å². The normalized spacial score (nSPS) is 22.9. The molecule has 0 aliphatic heterocycles. The van der Waals surface area contributed by atoms with Crippen LogP contribution in [0.5, 0.6) is 0 Å².